The first kappa shape index (κ1) is 11.4. The average Bonchev–Trinajstić information content (AvgIpc) is 3.09. The lowest BCUT2D eigenvalue weighted by Gasteiger charge is -2.32. The summed E-state index contributed by atoms with van der Waals surface area (Å²) in [7, 11) is 0. The van der Waals surface area contributed by atoms with Crippen molar-refractivity contribution in [3.8, 4) is 0 Å². The predicted octanol–water partition coefficient (Wildman–Crippen LogP) is 2.39. The first-order chi connectivity index (χ1) is 7.40. The van der Waals surface area contributed by atoms with Gasteiger partial charge in [-0.1, -0.05) is 19.8 Å². The second-order valence-corrected chi connectivity index (χ2v) is 5.20. The summed E-state index contributed by atoms with van der Waals surface area (Å²) in [6, 6.07) is 1.79. The summed E-state index contributed by atoms with van der Waals surface area (Å²) in [5.74, 6) is 0. The van der Waals surface area contributed by atoms with E-state index in [2.05, 4.69) is 17.1 Å². The van der Waals surface area contributed by atoms with Crippen LogP contribution in [0.1, 0.15) is 51.9 Å². The zero-order valence-electron chi connectivity index (χ0n) is 10.2. The molecule has 1 heterocycles. The maximum atomic E-state index is 3.71. The Morgan fingerprint density at radius 3 is 2.40 bits per heavy atom. The third kappa shape index (κ3) is 3.76. The lowest BCUT2D eigenvalue weighted by molar-refractivity contribution is 0.189. The van der Waals surface area contributed by atoms with Crippen LogP contribution in [0.3, 0.4) is 0 Å². The molecule has 1 saturated heterocycles. The lowest BCUT2D eigenvalue weighted by atomic mass is 10.0. The van der Waals surface area contributed by atoms with Gasteiger partial charge in [0.15, 0.2) is 0 Å². The highest BCUT2D eigenvalue weighted by Gasteiger charge is 2.31. The normalized spacial score (nSPS) is 24.6. The van der Waals surface area contributed by atoms with Gasteiger partial charge in [-0.2, -0.15) is 0 Å². The van der Waals surface area contributed by atoms with Crippen molar-refractivity contribution in [3.63, 3.8) is 0 Å². The van der Waals surface area contributed by atoms with Gasteiger partial charge in [0.1, 0.15) is 0 Å². The molecule has 88 valence electrons. The Labute approximate surface area is 94.4 Å². The van der Waals surface area contributed by atoms with E-state index in [0.29, 0.717) is 0 Å². The van der Waals surface area contributed by atoms with Gasteiger partial charge in [-0.3, -0.25) is 0 Å². The molecule has 0 aromatic heterocycles. The van der Waals surface area contributed by atoms with Crippen LogP contribution in [0.5, 0.6) is 0 Å². The third-order valence-electron chi connectivity index (χ3n) is 3.81. The molecule has 0 radical (unpaired) electrons. The van der Waals surface area contributed by atoms with Crippen LogP contribution in [-0.4, -0.2) is 36.6 Å². The molecule has 2 rings (SSSR count). The van der Waals surface area contributed by atoms with Crippen molar-refractivity contribution in [2.45, 2.75) is 64.0 Å². The summed E-state index contributed by atoms with van der Waals surface area (Å²) in [5, 5.41) is 3.71. The Morgan fingerprint density at radius 2 is 1.80 bits per heavy atom. The zero-order chi connectivity index (χ0) is 10.5. The van der Waals surface area contributed by atoms with Gasteiger partial charge in [0, 0.05) is 12.1 Å². The average molecular weight is 210 g/mol. The summed E-state index contributed by atoms with van der Waals surface area (Å²) in [6.07, 6.45) is 9.77. The molecule has 2 aliphatic rings. The fourth-order valence-electron chi connectivity index (χ4n) is 2.59. The van der Waals surface area contributed by atoms with Crippen LogP contribution in [0.15, 0.2) is 0 Å². The first-order valence-electron chi connectivity index (χ1n) is 6.87. The van der Waals surface area contributed by atoms with Gasteiger partial charge in [0.2, 0.25) is 0 Å². The second-order valence-electron chi connectivity index (χ2n) is 5.20. The van der Waals surface area contributed by atoms with Crippen LogP contribution >= 0.6 is 0 Å². The SMILES string of the molecule is CCCCCNC1CCN(C2CC2)CC1. The molecule has 15 heavy (non-hydrogen) atoms. The molecular weight excluding hydrogens is 184 g/mol. The molecule has 1 aliphatic carbocycles. The molecule has 0 unspecified atom stereocenters. The van der Waals surface area contributed by atoms with Crippen LogP contribution in [-0.2, 0) is 0 Å². The fourth-order valence-corrected chi connectivity index (χ4v) is 2.59. The van der Waals surface area contributed by atoms with E-state index in [9.17, 15) is 0 Å². The van der Waals surface area contributed by atoms with E-state index in [1.54, 1.807) is 0 Å². The summed E-state index contributed by atoms with van der Waals surface area (Å²) >= 11 is 0. The van der Waals surface area contributed by atoms with E-state index >= 15 is 0 Å². The molecule has 2 heteroatoms. The summed E-state index contributed by atoms with van der Waals surface area (Å²) in [6.45, 7) is 6.20. The van der Waals surface area contributed by atoms with Crippen molar-refractivity contribution in [2.24, 2.45) is 0 Å². The molecule has 0 aromatic rings. The lowest BCUT2D eigenvalue weighted by Crippen LogP contribution is -2.43. The Balaban J connectivity index is 1.53. The minimum absolute atomic E-state index is 0.817. The van der Waals surface area contributed by atoms with Crippen molar-refractivity contribution in [2.75, 3.05) is 19.6 Å². The quantitative estimate of drug-likeness (QED) is 0.677. The van der Waals surface area contributed by atoms with Crippen LogP contribution in [0.4, 0.5) is 0 Å². The van der Waals surface area contributed by atoms with Crippen LogP contribution in [0, 0.1) is 0 Å². The molecule has 2 fully saturated rings. The van der Waals surface area contributed by atoms with Gasteiger partial charge in [-0.05, 0) is 51.7 Å². The van der Waals surface area contributed by atoms with Crippen LogP contribution < -0.4 is 5.32 Å². The molecule has 1 saturated carbocycles. The third-order valence-corrected chi connectivity index (χ3v) is 3.81. The van der Waals surface area contributed by atoms with Gasteiger partial charge in [0.25, 0.3) is 0 Å². The minimum atomic E-state index is 0.817. The van der Waals surface area contributed by atoms with Crippen LogP contribution in [0.2, 0.25) is 0 Å². The second kappa shape index (κ2) is 5.86. The molecule has 1 aliphatic heterocycles. The Bertz CT molecular complexity index is 169. The van der Waals surface area contributed by atoms with Crippen LogP contribution in [0.25, 0.3) is 0 Å². The number of nitrogens with zero attached hydrogens (tertiary/aromatic N) is 1. The maximum absolute atomic E-state index is 3.71. The number of piperidine rings is 1. The highest BCUT2D eigenvalue weighted by Crippen LogP contribution is 2.29. The molecule has 0 bridgehead atoms. The number of hydrogen-bond acceptors (Lipinski definition) is 2. The molecule has 0 spiro atoms. The standard InChI is InChI=1S/C13H26N2/c1-2-3-4-9-14-12-7-10-15(11-8-12)13-5-6-13/h12-14H,2-11H2,1H3. The molecule has 0 atom stereocenters. The number of hydrogen-bond donors (Lipinski definition) is 1. The van der Waals surface area contributed by atoms with Crippen molar-refractivity contribution in [1.29, 1.82) is 0 Å². The van der Waals surface area contributed by atoms with Gasteiger partial charge >= 0.3 is 0 Å². The number of rotatable bonds is 6. The van der Waals surface area contributed by atoms with Crippen molar-refractivity contribution in [3.05, 3.63) is 0 Å². The monoisotopic (exact) mass is 210 g/mol. The topological polar surface area (TPSA) is 15.3 Å². The number of nitrogens with one attached hydrogen (secondary N) is 1. The summed E-state index contributed by atoms with van der Waals surface area (Å²) in [5.41, 5.74) is 0. The largest absolute Gasteiger partial charge is 0.314 e. The van der Waals surface area contributed by atoms with E-state index in [-0.39, 0.29) is 0 Å². The maximum Gasteiger partial charge on any atom is 0.00964 e. The highest BCUT2D eigenvalue weighted by molar-refractivity contribution is 4.88. The smallest absolute Gasteiger partial charge is 0.00964 e. The molecular formula is C13H26N2. The minimum Gasteiger partial charge on any atom is -0.314 e. The summed E-state index contributed by atoms with van der Waals surface area (Å²) in [4.78, 5) is 2.70. The van der Waals surface area contributed by atoms with E-state index in [0.717, 1.165) is 12.1 Å². The Morgan fingerprint density at radius 1 is 1.07 bits per heavy atom. The van der Waals surface area contributed by atoms with E-state index < -0.39 is 0 Å². The van der Waals surface area contributed by atoms with E-state index in [1.807, 2.05) is 0 Å². The number of likely N-dealkylation sites (tertiary alicyclic amines) is 1. The van der Waals surface area contributed by atoms with Gasteiger partial charge < -0.3 is 10.2 Å². The van der Waals surface area contributed by atoms with E-state index in [4.69, 9.17) is 0 Å². The predicted molar refractivity (Wildman–Crippen MR) is 65.1 cm³/mol. The number of unbranched alkanes of at least 4 members (excludes halogenated alkanes) is 2. The van der Waals surface area contributed by atoms with E-state index in [1.165, 1.54) is 64.6 Å². The van der Waals surface area contributed by atoms with Gasteiger partial charge in [-0.25, -0.2) is 0 Å². The highest BCUT2D eigenvalue weighted by atomic mass is 15.2. The molecule has 2 nitrogen and oxygen atoms in total. The zero-order valence-corrected chi connectivity index (χ0v) is 10.2. The van der Waals surface area contributed by atoms with Gasteiger partial charge in [-0.15, -0.1) is 0 Å². The first-order valence-corrected chi connectivity index (χ1v) is 6.87. The van der Waals surface area contributed by atoms with Crippen molar-refractivity contribution in [1.82, 2.24) is 10.2 Å². The Hall–Kier alpha value is -0.0800. The van der Waals surface area contributed by atoms with Crippen molar-refractivity contribution < 1.29 is 0 Å². The summed E-state index contributed by atoms with van der Waals surface area (Å²) < 4.78 is 0. The molecule has 1 N–H and O–H groups in total. The molecule has 0 aromatic carbocycles. The van der Waals surface area contributed by atoms with Gasteiger partial charge in [0.05, 0.1) is 0 Å². The Kier molecular flexibility index (Phi) is 4.45. The van der Waals surface area contributed by atoms with Crippen molar-refractivity contribution >= 4 is 0 Å². The molecule has 0 amide bonds. The fraction of sp³-hybridized carbons (Fsp3) is 1.00.